The topological polar surface area (TPSA) is 83.6 Å². The first-order valence-electron chi connectivity index (χ1n) is 7.97. The second-order valence-electron chi connectivity index (χ2n) is 5.85. The SMILES string of the molecule is C[C@@H](Cc1ccccc1F)C(=O)NCc1ccc(-c2nn[nH]n2)cc1. The Bertz CT molecular complexity index is 833. The molecule has 0 aliphatic heterocycles. The predicted molar refractivity (Wildman–Crippen MR) is 90.7 cm³/mol. The Hall–Kier alpha value is -3.09. The molecule has 6 nitrogen and oxygen atoms in total. The smallest absolute Gasteiger partial charge is 0.223 e. The van der Waals surface area contributed by atoms with E-state index < -0.39 is 0 Å². The number of aromatic nitrogens is 4. The van der Waals surface area contributed by atoms with Gasteiger partial charge in [-0.1, -0.05) is 49.4 Å². The van der Waals surface area contributed by atoms with Crippen LogP contribution in [0.3, 0.4) is 0 Å². The van der Waals surface area contributed by atoms with E-state index in [1.54, 1.807) is 25.1 Å². The Morgan fingerprint density at radius 2 is 1.96 bits per heavy atom. The molecule has 0 radical (unpaired) electrons. The summed E-state index contributed by atoms with van der Waals surface area (Å²) in [4.78, 5) is 12.2. The summed E-state index contributed by atoms with van der Waals surface area (Å²) >= 11 is 0. The number of tetrazole rings is 1. The van der Waals surface area contributed by atoms with Crippen molar-refractivity contribution in [1.29, 1.82) is 0 Å². The molecule has 2 aromatic carbocycles. The highest BCUT2D eigenvalue weighted by molar-refractivity contribution is 5.78. The second-order valence-corrected chi connectivity index (χ2v) is 5.85. The van der Waals surface area contributed by atoms with E-state index in [1.165, 1.54) is 6.07 Å². The molecular formula is C18H18FN5O. The van der Waals surface area contributed by atoms with Gasteiger partial charge in [0.2, 0.25) is 11.7 Å². The van der Waals surface area contributed by atoms with E-state index in [9.17, 15) is 9.18 Å². The minimum absolute atomic E-state index is 0.106. The quantitative estimate of drug-likeness (QED) is 0.723. The number of amides is 1. The van der Waals surface area contributed by atoms with E-state index in [-0.39, 0.29) is 17.6 Å². The molecule has 2 N–H and O–H groups in total. The molecule has 3 rings (SSSR count). The number of nitrogens with zero attached hydrogens (tertiary/aromatic N) is 3. The Morgan fingerprint density at radius 1 is 1.20 bits per heavy atom. The van der Waals surface area contributed by atoms with Crippen LogP contribution in [0.25, 0.3) is 11.4 Å². The van der Waals surface area contributed by atoms with Crippen molar-refractivity contribution in [3.63, 3.8) is 0 Å². The number of hydrogen-bond donors (Lipinski definition) is 2. The number of aromatic amines is 1. The fourth-order valence-corrected chi connectivity index (χ4v) is 2.51. The zero-order chi connectivity index (χ0) is 17.6. The molecule has 0 saturated carbocycles. The summed E-state index contributed by atoms with van der Waals surface area (Å²) < 4.78 is 13.7. The van der Waals surface area contributed by atoms with Crippen molar-refractivity contribution in [2.45, 2.75) is 19.9 Å². The first-order valence-corrected chi connectivity index (χ1v) is 7.97. The Kier molecular flexibility index (Phi) is 5.13. The van der Waals surface area contributed by atoms with Crippen LogP contribution in [0, 0.1) is 11.7 Å². The molecule has 0 unspecified atom stereocenters. The van der Waals surface area contributed by atoms with Crippen LogP contribution >= 0.6 is 0 Å². The van der Waals surface area contributed by atoms with Gasteiger partial charge in [0, 0.05) is 18.0 Å². The average Bonchev–Trinajstić information content (AvgIpc) is 3.16. The predicted octanol–water partition coefficient (Wildman–Crippen LogP) is 2.50. The first-order chi connectivity index (χ1) is 12.1. The van der Waals surface area contributed by atoms with Crippen LogP contribution < -0.4 is 5.32 Å². The van der Waals surface area contributed by atoms with Gasteiger partial charge in [-0.25, -0.2) is 4.39 Å². The third-order valence-corrected chi connectivity index (χ3v) is 3.96. The number of nitrogens with one attached hydrogen (secondary N) is 2. The highest BCUT2D eigenvalue weighted by atomic mass is 19.1. The van der Waals surface area contributed by atoms with Crippen LogP contribution in [0.15, 0.2) is 48.5 Å². The van der Waals surface area contributed by atoms with Gasteiger partial charge >= 0.3 is 0 Å². The molecular weight excluding hydrogens is 321 g/mol. The third kappa shape index (κ3) is 4.26. The van der Waals surface area contributed by atoms with Crippen LogP contribution in [0.4, 0.5) is 4.39 Å². The molecule has 1 atom stereocenters. The van der Waals surface area contributed by atoms with Crippen LogP contribution in [-0.2, 0) is 17.8 Å². The van der Waals surface area contributed by atoms with Crippen LogP contribution in [0.1, 0.15) is 18.1 Å². The van der Waals surface area contributed by atoms with Gasteiger partial charge in [0.05, 0.1) is 0 Å². The summed E-state index contributed by atoms with van der Waals surface area (Å²) in [7, 11) is 0. The lowest BCUT2D eigenvalue weighted by molar-refractivity contribution is -0.124. The number of carbonyl (C=O) groups excluding carboxylic acids is 1. The van der Waals surface area contributed by atoms with Crippen molar-refractivity contribution in [2.75, 3.05) is 0 Å². The van der Waals surface area contributed by atoms with Gasteiger partial charge in [0.1, 0.15) is 5.82 Å². The molecule has 0 bridgehead atoms. The summed E-state index contributed by atoms with van der Waals surface area (Å²) in [6.45, 7) is 2.20. The van der Waals surface area contributed by atoms with Gasteiger partial charge in [-0.3, -0.25) is 4.79 Å². The molecule has 0 fully saturated rings. The normalized spacial score (nSPS) is 11.9. The third-order valence-electron chi connectivity index (χ3n) is 3.96. The van der Waals surface area contributed by atoms with Gasteiger partial charge < -0.3 is 5.32 Å². The fourth-order valence-electron chi connectivity index (χ4n) is 2.51. The lowest BCUT2D eigenvalue weighted by Crippen LogP contribution is -2.30. The molecule has 0 saturated heterocycles. The maximum Gasteiger partial charge on any atom is 0.223 e. The maximum absolute atomic E-state index is 13.7. The molecule has 128 valence electrons. The van der Waals surface area contributed by atoms with Crippen LogP contribution in [0.2, 0.25) is 0 Å². The van der Waals surface area contributed by atoms with Crippen molar-refractivity contribution in [1.82, 2.24) is 25.9 Å². The molecule has 25 heavy (non-hydrogen) atoms. The molecule has 1 amide bonds. The zero-order valence-corrected chi connectivity index (χ0v) is 13.7. The highest BCUT2D eigenvalue weighted by Crippen LogP contribution is 2.15. The van der Waals surface area contributed by atoms with Crippen molar-refractivity contribution >= 4 is 5.91 Å². The first kappa shape index (κ1) is 16.8. The minimum atomic E-state index is -0.310. The van der Waals surface area contributed by atoms with E-state index in [0.29, 0.717) is 24.4 Å². The Balaban J connectivity index is 1.54. The molecule has 7 heteroatoms. The molecule has 0 aliphatic rings. The summed E-state index contributed by atoms with van der Waals surface area (Å²) in [5.74, 6) is -0.172. The lowest BCUT2D eigenvalue weighted by Gasteiger charge is -2.13. The van der Waals surface area contributed by atoms with Gasteiger partial charge in [0.15, 0.2) is 0 Å². The largest absolute Gasteiger partial charge is 0.352 e. The molecule has 1 heterocycles. The minimum Gasteiger partial charge on any atom is -0.352 e. The molecule has 3 aromatic rings. The van der Waals surface area contributed by atoms with Gasteiger partial charge in [0.25, 0.3) is 0 Å². The Morgan fingerprint density at radius 3 is 2.64 bits per heavy atom. The maximum atomic E-state index is 13.7. The van der Waals surface area contributed by atoms with Gasteiger partial charge in [-0.2, -0.15) is 5.21 Å². The molecule has 1 aromatic heterocycles. The van der Waals surface area contributed by atoms with Crippen molar-refractivity contribution in [3.05, 3.63) is 65.5 Å². The van der Waals surface area contributed by atoms with Crippen molar-refractivity contribution < 1.29 is 9.18 Å². The second kappa shape index (κ2) is 7.65. The monoisotopic (exact) mass is 339 g/mol. The van der Waals surface area contributed by atoms with Gasteiger partial charge in [-0.05, 0) is 28.8 Å². The van der Waals surface area contributed by atoms with E-state index in [0.717, 1.165) is 11.1 Å². The van der Waals surface area contributed by atoms with E-state index in [1.807, 2.05) is 24.3 Å². The van der Waals surface area contributed by atoms with E-state index in [4.69, 9.17) is 0 Å². The highest BCUT2D eigenvalue weighted by Gasteiger charge is 2.15. The van der Waals surface area contributed by atoms with Crippen molar-refractivity contribution in [3.8, 4) is 11.4 Å². The number of H-pyrrole nitrogens is 1. The zero-order valence-electron chi connectivity index (χ0n) is 13.7. The van der Waals surface area contributed by atoms with Gasteiger partial charge in [-0.15, -0.1) is 10.2 Å². The Labute approximate surface area is 144 Å². The number of benzene rings is 2. The van der Waals surface area contributed by atoms with Crippen LogP contribution in [0.5, 0.6) is 0 Å². The summed E-state index contributed by atoms with van der Waals surface area (Å²) in [6.07, 6.45) is 0.370. The number of halogens is 1. The lowest BCUT2D eigenvalue weighted by atomic mass is 10.00. The van der Waals surface area contributed by atoms with Crippen molar-refractivity contribution in [2.24, 2.45) is 5.92 Å². The summed E-state index contributed by atoms with van der Waals surface area (Å²) in [6, 6.07) is 14.1. The van der Waals surface area contributed by atoms with E-state index >= 15 is 0 Å². The molecule has 0 spiro atoms. The van der Waals surface area contributed by atoms with E-state index in [2.05, 4.69) is 25.9 Å². The number of rotatable bonds is 6. The summed E-state index contributed by atoms with van der Waals surface area (Å²) in [5.41, 5.74) is 2.35. The number of hydrogen-bond acceptors (Lipinski definition) is 4. The average molecular weight is 339 g/mol. The molecule has 0 aliphatic carbocycles. The fraction of sp³-hybridized carbons (Fsp3) is 0.222. The summed E-state index contributed by atoms with van der Waals surface area (Å²) in [5, 5.41) is 16.6. The standard InChI is InChI=1S/C18H18FN5O/c1-12(10-15-4-2-3-5-16(15)19)18(25)20-11-13-6-8-14(9-7-13)17-21-23-24-22-17/h2-9,12H,10-11H2,1H3,(H,20,25)(H,21,22,23,24)/t12-/m0/s1. The van der Waals surface area contributed by atoms with Crippen LogP contribution in [-0.4, -0.2) is 26.5 Å². The number of carbonyl (C=O) groups is 1.